The number of amides is 1. The molecule has 1 amide bonds. The summed E-state index contributed by atoms with van der Waals surface area (Å²) in [7, 11) is 1.67. The van der Waals surface area contributed by atoms with E-state index in [0.717, 1.165) is 45.4 Å². The maximum Gasteiger partial charge on any atom is 0.240 e. The highest BCUT2D eigenvalue weighted by atomic mass is 16.5. The Bertz CT molecular complexity index is 253. The van der Waals surface area contributed by atoms with Crippen LogP contribution in [0.1, 0.15) is 39.0 Å². The van der Waals surface area contributed by atoms with Crippen molar-refractivity contribution in [2.45, 2.75) is 44.6 Å². The predicted molar refractivity (Wildman–Crippen MR) is 75.2 cm³/mol. The van der Waals surface area contributed by atoms with E-state index in [9.17, 15) is 4.79 Å². The van der Waals surface area contributed by atoms with E-state index in [1.165, 1.54) is 6.42 Å². The molecule has 5 heteroatoms. The van der Waals surface area contributed by atoms with Crippen LogP contribution in [-0.4, -0.2) is 51.5 Å². The first-order chi connectivity index (χ1) is 9.19. The molecule has 0 radical (unpaired) electrons. The van der Waals surface area contributed by atoms with E-state index in [1.807, 2.05) is 6.92 Å². The molecule has 19 heavy (non-hydrogen) atoms. The summed E-state index contributed by atoms with van der Waals surface area (Å²) in [6, 6.07) is 0. The molecular weight excluding hydrogens is 244 g/mol. The number of hydrogen-bond acceptors (Lipinski definition) is 4. The quantitative estimate of drug-likeness (QED) is 0.617. The monoisotopic (exact) mass is 272 g/mol. The van der Waals surface area contributed by atoms with Gasteiger partial charge in [-0.2, -0.15) is 0 Å². The summed E-state index contributed by atoms with van der Waals surface area (Å²) in [4.78, 5) is 12.1. The highest BCUT2D eigenvalue weighted by Crippen LogP contribution is 2.18. The SMILES string of the molecule is COCCOCCCCNC(=O)C1(C)CCCCN1. The van der Waals surface area contributed by atoms with Crippen LogP contribution in [-0.2, 0) is 14.3 Å². The largest absolute Gasteiger partial charge is 0.382 e. The average Bonchev–Trinajstić information content (AvgIpc) is 2.42. The van der Waals surface area contributed by atoms with Gasteiger partial charge in [-0.3, -0.25) is 4.79 Å². The van der Waals surface area contributed by atoms with Crippen LogP contribution in [0.2, 0.25) is 0 Å². The number of rotatable bonds is 9. The number of ether oxygens (including phenoxy) is 2. The standard InChI is InChI=1S/C14H28N2O3/c1-14(7-3-4-9-16-14)13(17)15-8-5-6-10-19-12-11-18-2/h16H,3-12H2,1-2H3,(H,15,17). The molecule has 112 valence electrons. The summed E-state index contributed by atoms with van der Waals surface area (Å²) in [5.41, 5.74) is -0.368. The van der Waals surface area contributed by atoms with E-state index in [2.05, 4.69) is 10.6 Å². The van der Waals surface area contributed by atoms with Crippen LogP contribution < -0.4 is 10.6 Å². The molecule has 5 nitrogen and oxygen atoms in total. The summed E-state index contributed by atoms with van der Waals surface area (Å²) in [5.74, 6) is 0.132. The van der Waals surface area contributed by atoms with Gasteiger partial charge in [0.15, 0.2) is 0 Å². The number of nitrogens with one attached hydrogen (secondary N) is 2. The molecule has 1 fully saturated rings. The van der Waals surface area contributed by atoms with Gasteiger partial charge in [-0.05, 0) is 45.6 Å². The van der Waals surface area contributed by atoms with E-state index in [1.54, 1.807) is 7.11 Å². The van der Waals surface area contributed by atoms with Crippen LogP contribution in [0.5, 0.6) is 0 Å². The second-order valence-corrected chi connectivity index (χ2v) is 5.28. The molecule has 0 aromatic heterocycles. The molecule has 1 aliphatic heterocycles. The summed E-state index contributed by atoms with van der Waals surface area (Å²) >= 11 is 0. The fourth-order valence-corrected chi connectivity index (χ4v) is 2.22. The van der Waals surface area contributed by atoms with Crippen molar-refractivity contribution in [1.82, 2.24) is 10.6 Å². The minimum Gasteiger partial charge on any atom is -0.382 e. The van der Waals surface area contributed by atoms with E-state index < -0.39 is 0 Å². The van der Waals surface area contributed by atoms with Crippen LogP contribution >= 0.6 is 0 Å². The molecule has 0 aromatic carbocycles. The van der Waals surface area contributed by atoms with Crippen molar-refractivity contribution >= 4 is 5.91 Å². The zero-order chi connectivity index (χ0) is 14.0. The molecule has 0 bridgehead atoms. The lowest BCUT2D eigenvalue weighted by Gasteiger charge is -2.33. The van der Waals surface area contributed by atoms with E-state index in [-0.39, 0.29) is 11.4 Å². The van der Waals surface area contributed by atoms with Gasteiger partial charge in [0.2, 0.25) is 5.91 Å². The molecule has 0 saturated carbocycles. The molecule has 1 heterocycles. The maximum atomic E-state index is 12.1. The van der Waals surface area contributed by atoms with Crippen molar-refractivity contribution in [3.63, 3.8) is 0 Å². The molecule has 0 aliphatic carbocycles. The van der Waals surface area contributed by atoms with Gasteiger partial charge in [-0.25, -0.2) is 0 Å². The van der Waals surface area contributed by atoms with Crippen molar-refractivity contribution in [2.24, 2.45) is 0 Å². The Morgan fingerprint density at radius 3 is 2.79 bits per heavy atom. The lowest BCUT2D eigenvalue weighted by atomic mass is 9.90. The minimum absolute atomic E-state index is 0.132. The number of unbranched alkanes of at least 4 members (excludes halogenated alkanes) is 1. The van der Waals surface area contributed by atoms with Crippen molar-refractivity contribution in [3.8, 4) is 0 Å². The normalized spacial score (nSPS) is 23.3. The fraction of sp³-hybridized carbons (Fsp3) is 0.929. The average molecular weight is 272 g/mol. The molecule has 1 atom stereocenters. The lowest BCUT2D eigenvalue weighted by molar-refractivity contribution is -0.127. The molecule has 1 aliphatic rings. The van der Waals surface area contributed by atoms with Gasteiger partial charge in [0.25, 0.3) is 0 Å². The molecule has 0 aromatic rings. The van der Waals surface area contributed by atoms with Crippen LogP contribution in [0.25, 0.3) is 0 Å². The third-order valence-corrected chi connectivity index (χ3v) is 3.55. The van der Waals surface area contributed by atoms with E-state index in [4.69, 9.17) is 9.47 Å². The molecule has 1 saturated heterocycles. The maximum absolute atomic E-state index is 12.1. The number of methoxy groups -OCH3 is 1. The van der Waals surface area contributed by atoms with Crippen molar-refractivity contribution in [3.05, 3.63) is 0 Å². The van der Waals surface area contributed by atoms with E-state index >= 15 is 0 Å². The summed E-state index contributed by atoms with van der Waals surface area (Å²) in [5, 5.41) is 6.33. The van der Waals surface area contributed by atoms with Gasteiger partial charge in [0.05, 0.1) is 18.8 Å². The number of carbonyl (C=O) groups is 1. The van der Waals surface area contributed by atoms with Crippen LogP contribution in [0.4, 0.5) is 0 Å². The highest BCUT2D eigenvalue weighted by Gasteiger charge is 2.33. The van der Waals surface area contributed by atoms with Gasteiger partial charge in [0.1, 0.15) is 0 Å². The van der Waals surface area contributed by atoms with Gasteiger partial charge >= 0.3 is 0 Å². The van der Waals surface area contributed by atoms with Crippen LogP contribution in [0.3, 0.4) is 0 Å². The van der Waals surface area contributed by atoms with Crippen molar-refractivity contribution < 1.29 is 14.3 Å². The van der Waals surface area contributed by atoms with Crippen molar-refractivity contribution in [1.29, 1.82) is 0 Å². The van der Waals surface area contributed by atoms with Gasteiger partial charge in [-0.1, -0.05) is 0 Å². The van der Waals surface area contributed by atoms with E-state index in [0.29, 0.717) is 13.2 Å². The summed E-state index contributed by atoms with van der Waals surface area (Å²) in [6.07, 6.45) is 5.15. The number of piperidine rings is 1. The summed E-state index contributed by atoms with van der Waals surface area (Å²) < 4.78 is 10.3. The van der Waals surface area contributed by atoms with Crippen LogP contribution in [0, 0.1) is 0 Å². The summed E-state index contributed by atoms with van der Waals surface area (Å²) in [6.45, 7) is 5.68. The zero-order valence-electron chi connectivity index (χ0n) is 12.3. The first-order valence-corrected chi connectivity index (χ1v) is 7.29. The Kier molecular flexibility index (Phi) is 8.02. The Morgan fingerprint density at radius 2 is 2.11 bits per heavy atom. The second-order valence-electron chi connectivity index (χ2n) is 5.28. The molecular formula is C14H28N2O3. The smallest absolute Gasteiger partial charge is 0.240 e. The van der Waals surface area contributed by atoms with Crippen molar-refractivity contribution in [2.75, 3.05) is 40.0 Å². The Balaban J connectivity index is 2.01. The fourth-order valence-electron chi connectivity index (χ4n) is 2.22. The highest BCUT2D eigenvalue weighted by molar-refractivity contribution is 5.85. The Hall–Kier alpha value is -0.650. The topological polar surface area (TPSA) is 59.6 Å². The molecule has 1 rings (SSSR count). The second kappa shape index (κ2) is 9.28. The van der Waals surface area contributed by atoms with Gasteiger partial charge in [0, 0.05) is 20.3 Å². The Labute approximate surface area is 116 Å². The molecule has 1 unspecified atom stereocenters. The third kappa shape index (κ3) is 6.36. The van der Waals surface area contributed by atoms with Crippen LogP contribution in [0.15, 0.2) is 0 Å². The number of hydrogen-bond donors (Lipinski definition) is 2. The number of carbonyl (C=O) groups excluding carboxylic acids is 1. The third-order valence-electron chi connectivity index (χ3n) is 3.55. The zero-order valence-corrected chi connectivity index (χ0v) is 12.3. The first kappa shape index (κ1) is 16.4. The molecule has 2 N–H and O–H groups in total. The first-order valence-electron chi connectivity index (χ1n) is 7.29. The Morgan fingerprint density at radius 1 is 1.26 bits per heavy atom. The lowest BCUT2D eigenvalue weighted by Crippen LogP contribution is -2.57. The molecule has 0 spiro atoms. The van der Waals surface area contributed by atoms with Gasteiger partial charge < -0.3 is 20.1 Å². The predicted octanol–water partition coefficient (Wildman–Crippen LogP) is 1.08. The minimum atomic E-state index is -0.368. The van der Waals surface area contributed by atoms with Gasteiger partial charge in [-0.15, -0.1) is 0 Å².